The fourth-order valence-electron chi connectivity index (χ4n) is 4.01. The van der Waals surface area contributed by atoms with E-state index in [2.05, 4.69) is 0 Å². The number of amides is 1. The first-order valence-electron chi connectivity index (χ1n) is 10.7. The Balaban J connectivity index is 1.76. The standard InChI is InChI=1S/C25H27NO5/c1-4-29-18-12-10-17(11-13-18)22-21-23(27)19-8-5-6-9-20(19)31-24(21)25(28)26(22)14-7-15-30-16(2)3/h5-6,8-13,16,22H,4,7,14-15H2,1-3H3. The van der Waals surface area contributed by atoms with Crippen molar-refractivity contribution >= 4 is 16.9 Å². The van der Waals surface area contributed by atoms with E-state index in [-0.39, 0.29) is 23.2 Å². The van der Waals surface area contributed by atoms with Gasteiger partial charge in [-0.1, -0.05) is 24.3 Å². The Morgan fingerprint density at radius 1 is 1.06 bits per heavy atom. The van der Waals surface area contributed by atoms with Gasteiger partial charge < -0.3 is 18.8 Å². The van der Waals surface area contributed by atoms with Crippen LogP contribution in [-0.2, 0) is 4.74 Å². The zero-order chi connectivity index (χ0) is 22.0. The molecule has 1 aliphatic heterocycles. The molecule has 1 aromatic heterocycles. The van der Waals surface area contributed by atoms with Crippen LogP contribution in [0.15, 0.2) is 57.7 Å². The van der Waals surface area contributed by atoms with Crippen LogP contribution >= 0.6 is 0 Å². The van der Waals surface area contributed by atoms with Gasteiger partial charge >= 0.3 is 0 Å². The number of rotatable bonds is 8. The normalized spacial score (nSPS) is 15.7. The lowest BCUT2D eigenvalue weighted by Gasteiger charge is -2.25. The van der Waals surface area contributed by atoms with Gasteiger partial charge in [0.1, 0.15) is 11.3 Å². The van der Waals surface area contributed by atoms with Gasteiger partial charge in [0.2, 0.25) is 5.76 Å². The highest BCUT2D eigenvalue weighted by Gasteiger charge is 2.42. The Hall–Kier alpha value is -3.12. The zero-order valence-electron chi connectivity index (χ0n) is 18.1. The number of nitrogens with zero attached hydrogens (tertiary/aromatic N) is 1. The lowest BCUT2D eigenvalue weighted by molar-refractivity contribution is 0.0593. The van der Waals surface area contributed by atoms with Crippen molar-refractivity contribution in [1.29, 1.82) is 0 Å². The molecule has 162 valence electrons. The van der Waals surface area contributed by atoms with Crippen LogP contribution in [0.5, 0.6) is 5.75 Å². The van der Waals surface area contributed by atoms with Crippen molar-refractivity contribution in [3.63, 3.8) is 0 Å². The molecule has 6 heteroatoms. The summed E-state index contributed by atoms with van der Waals surface area (Å²) in [5.41, 5.74) is 1.51. The average Bonchev–Trinajstić information content (AvgIpc) is 3.04. The summed E-state index contributed by atoms with van der Waals surface area (Å²) in [7, 11) is 0. The van der Waals surface area contributed by atoms with Crippen molar-refractivity contribution in [2.75, 3.05) is 19.8 Å². The molecule has 1 atom stereocenters. The minimum atomic E-state index is -0.502. The highest BCUT2D eigenvalue weighted by Crippen LogP contribution is 2.38. The van der Waals surface area contributed by atoms with Crippen LogP contribution < -0.4 is 10.2 Å². The number of hydrogen-bond acceptors (Lipinski definition) is 5. The molecule has 0 bridgehead atoms. The van der Waals surface area contributed by atoms with Gasteiger partial charge in [-0.15, -0.1) is 0 Å². The maximum absolute atomic E-state index is 13.4. The Bertz CT molecular complexity index is 1130. The third-order valence-corrected chi connectivity index (χ3v) is 5.37. The van der Waals surface area contributed by atoms with Gasteiger partial charge in [0.05, 0.1) is 29.7 Å². The summed E-state index contributed by atoms with van der Waals surface area (Å²) < 4.78 is 17.1. The van der Waals surface area contributed by atoms with Gasteiger partial charge in [-0.2, -0.15) is 0 Å². The summed E-state index contributed by atoms with van der Waals surface area (Å²) in [6.45, 7) is 7.46. The van der Waals surface area contributed by atoms with Gasteiger partial charge in [0.25, 0.3) is 5.91 Å². The molecular weight excluding hydrogens is 394 g/mol. The minimum absolute atomic E-state index is 0.127. The van der Waals surface area contributed by atoms with Crippen molar-refractivity contribution in [1.82, 2.24) is 4.90 Å². The number of benzene rings is 2. The molecule has 4 rings (SSSR count). The van der Waals surface area contributed by atoms with Gasteiger partial charge in [-0.3, -0.25) is 9.59 Å². The van der Waals surface area contributed by atoms with E-state index in [1.807, 2.05) is 45.0 Å². The van der Waals surface area contributed by atoms with Gasteiger partial charge in [-0.25, -0.2) is 0 Å². The molecule has 3 aromatic rings. The van der Waals surface area contributed by atoms with Crippen molar-refractivity contribution in [2.45, 2.75) is 39.3 Å². The predicted octanol–water partition coefficient (Wildman–Crippen LogP) is 4.55. The largest absolute Gasteiger partial charge is 0.494 e. The molecule has 0 N–H and O–H groups in total. The van der Waals surface area contributed by atoms with Gasteiger partial charge in [-0.05, 0) is 57.0 Å². The predicted molar refractivity (Wildman–Crippen MR) is 119 cm³/mol. The molecule has 0 fully saturated rings. The van der Waals surface area contributed by atoms with E-state index in [0.717, 1.165) is 11.3 Å². The summed E-state index contributed by atoms with van der Waals surface area (Å²) in [6.07, 6.45) is 0.793. The van der Waals surface area contributed by atoms with Crippen molar-refractivity contribution in [3.8, 4) is 5.75 Å². The molecule has 2 aromatic carbocycles. The molecular formula is C25H27NO5. The SMILES string of the molecule is CCOc1ccc(C2c3c(oc4ccccc4c3=O)C(=O)N2CCCOC(C)C)cc1. The van der Waals surface area contributed by atoms with Crippen LogP contribution in [0.2, 0.25) is 0 Å². The highest BCUT2D eigenvalue weighted by atomic mass is 16.5. The second-order valence-corrected chi connectivity index (χ2v) is 7.85. The number of carbonyl (C=O) groups is 1. The van der Waals surface area contributed by atoms with E-state index in [4.69, 9.17) is 13.9 Å². The second kappa shape index (κ2) is 8.94. The quantitative estimate of drug-likeness (QED) is 0.499. The number of fused-ring (bicyclic) bond motifs is 2. The summed E-state index contributed by atoms with van der Waals surface area (Å²) in [6, 6.07) is 14.1. The molecule has 0 saturated carbocycles. The zero-order valence-corrected chi connectivity index (χ0v) is 18.1. The van der Waals surface area contributed by atoms with Crippen LogP contribution in [0.4, 0.5) is 0 Å². The summed E-state index contributed by atoms with van der Waals surface area (Å²) >= 11 is 0. The third-order valence-electron chi connectivity index (χ3n) is 5.37. The summed E-state index contributed by atoms with van der Waals surface area (Å²) in [5, 5.41) is 0.481. The monoisotopic (exact) mass is 421 g/mol. The smallest absolute Gasteiger partial charge is 0.290 e. The minimum Gasteiger partial charge on any atom is -0.494 e. The molecule has 31 heavy (non-hydrogen) atoms. The Labute approximate surface area is 181 Å². The Kier molecular flexibility index (Phi) is 6.09. The van der Waals surface area contributed by atoms with E-state index in [1.165, 1.54) is 0 Å². The topological polar surface area (TPSA) is 69.0 Å². The van der Waals surface area contributed by atoms with Gasteiger partial charge in [0, 0.05) is 13.2 Å². The summed E-state index contributed by atoms with van der Waals surface area (Å²) in [5.74, 6) is 0.617. The lowest BCUT2D eigenvalue weighted by Crippen LogP contribution is -2.31. The molecule has 0 saturated heterocycles. The first kappa shape index (κ1) is 21.1. The lowest BCUT2D eigenvalue weighted by atomic mass is 9.98. The molecule has 1 amide bonds. The van der Waals surface area contributed by atoms with Crippen LogP contribution in [0.1, 0.15) is 54.9 Å². The number of hydrogen-bond donors (Lipinski definition) is 0. The molecule has 0 aliphatic carbocycles. The van der Waals surface area contributed by atoms with E-state index in [1.54, 1.807) is 29.2 Å². The van der Waals surface area contributed by atoms with Crippen LogP contribution in [0, 0.1) is 0 Å². The first-order valence-corrected chi connectivity index (χ1v) is 10.7. The Morgan fingerprint density at radius 3 is 2.52 bits per heavy atom. The highest BCUT2D eigenvalue weighted by molar-refractivity contribution is 5.99. The fourth-order valence-corrected chi connectivity index (χ4v) is 4.01. The van der Waals surface area contributed by atoms with E-state index < -0.39 is 6.04 Å². The molecule has 2 heterocycles. The van der Waals surface area contributed by atoms with Crippen molar-refractivity contribution in [2.24, 2.45) is 0 Å². The maximum atomic E-state index is 13.4. The van der Waals surface area contributed by atoms with E-state index in [0.29, 0.717) is 42.7 Å². The number of ether oxygens (including phenoxy) is 2. The number of carbonyl (C=O) groups excluding carboxylic acids is 1. The average molecular weight is 421 g/mol. The second-order valence-electron chi connectivity index (χ2n) is 7.85. The summed E-state index contributed by atoms with van der Waals surface area (Å²) in [4.78, 5) is 28.4. The molecule has 0 radical (unpaired) electrons. The van der Waals surface area contributed by atoms with E-state index >= 15 is 0 Å². The number of para-hydroxylation sites is 1. The van der Waals surface area contributed by atoms with Crippen molar-refractivity contribution < 1.29 is 18.7 Å². The molecule has 6 nitrogen and oxygen atoms in total. The van der Waals surface area contributed by atoms with Crippen molar-refractivity contribution in [3.05, 3.63) is 75.6 Å². The maximum Gasteiger partial charge on any atom is 0.290 e. The van der Waals surface area contributed by atoms with E-state index in [9.17, 15) is 9.59 Å². The van der Waals surface area contributed by atoms with Gasteiger partial charge in [0.15, 0.2) is 5.43 Å². The third kappa shape index (κ3) is 4.08. The Morgan fingerprint density at radius 2 is 1.81 bits per heavy atom. The van der Waals surface area contributed by atoms with Crippen LogP contribution in [-0.4, -0.2) is 36.7 Å². The molecule has 0 spiro atoms. The molecule has 1 aliphatic rings. The van der Waals surface area contributed by atoms with Crippen LogP contribution in [0.25, 0.3) is 11.0 Å². The first-order chi connectivity index (χ1) is 15.0. The fraction of sp³-hybridized carbons (Fsp3) is 0.360. The van der Waals surface area contributed by atoms with Crippen LogP contribution in [0.3, 0.4) is 0 Å². The molecule has 1 unspecified atom stereocenters.